The number of ether oxygens (including phenoxy) is 1. The molecule has 1 unspecified atom stereocenters. The van der Waals surface area contributed by atoms with Gasteiger partial charge in [0.05, 0.1) is 5.92 Å². The SMILES string of the molecule is CCCC(C)C(=O)Oc1ccc2ccc(=O)oc2c1. The Labute approximate surface area is 111 Å². The lowest BCUT2D eigenvalue weighted by Crippen LogP contribution is -2.17. The van der Waals surface area contributed by atoms with E-state index < -0.39 is 5.63 Å². The molecule has 1 heterocycles. The molecular weight excluding hydrogens is 244 g/mol. The van der Waals surface area contributed by atoms with Gasteiger partial charge in [-0.2, -0.15) is 0 Å². The maximum Gasteiger partial charge on any atom is 0.336 e. The molecule has 2 aromatic rings. The quantitative estimate of drug-likeness (QED) is 0.481. The number of carbonyl (C=O) groups excluding carboxylic acids is 1. The summed E-state index contributed by atoms with van der Waals surface area (Å²) in [5, 5.41) is 0.793. The van der Waals surface area contributed by atoms with Crippen molar-refractivity contribution >= 4 is 16.9 Å². The van der Waals surface area contributed by atoms with E-state index in [4.69, 9.17) is 9.15 Å². The Morgan fingerprint density at radius 3 is 2.79 bits per heavy atom. The number of rotatable bonds is 4. The first-order valence-electron chi connectivity index (χ1n) is 6.35. The van der Waals surface area contributed by atoms with Crippen molar-refractivity contribution in [2.75, 3.05) is 0 Å². The van der Waals surface area contributed by atoms with Crippen molar-refractivity contribution in [3.8, 4) is 5.75 Å². The first kappa shape index (κ1) is 13.3. The number of fused-ring (bicyclic) bond motifs is 1. The molecule has 4 heteroatoms. The lowest BCUT2D eigenvalue weighted by atomic mass is 10.1. The van der Waals surface area contributed by atoms with Gasteiger partial charge in [0.15, 0.2) is 0 Å². The predicted octanol–water partition coefficient (Wildman–Crippen LogP) is 3.13. The minimum absolute atomic E-state index is 0.136. The molecule has 2 rings (SSSR count). The third-order valence-electron chi connectivity index (χ3n) is 2.94. The summed E-state index contributed by atoms with van der Waals surface area (Å²) < 4.78 is 10.3. The molecular formula is C15H16O4. The van der Waals surface area contributed by atoms with Crippen LogP contribution >= 0.6 is 0 Å². The van der Waals surface area contributed by atoms with Gasteiger partial charge in [-0.05, 0) is 24.6 Å². The van der Waals surface area contributed by atoms with Crippen LogP contribution in [0.2, 0.25) is 0 Å². The molecule has 0 radical (unpaired) electrons. The van der Waals surface area contributed by atoms with E-state index in [1.165, 1.54) is 6.07 Å². The van der Waals surface area contributed by atoms with E-state index >= 15 is 0 Å². The van der Waals surface area contributed by atoms with Crippen LogP contribution in [0.25, 0.3) is 11.0 Å². The average Bonchev–Trinajstić information content (AvgIpc) is 2.38. The molecule has 0 saturated heterocycles. The maximum atomic E-state index is 11.8. The number of esters is 1. The van der Waals surface area contributed by atoms with Crippen molar-refractivity contribution in [1.29, 1.82) is 0 Å². The van der Waals surface area contributed by atoms with Crippen LogP contribution in [-0.4, -0.2) is 5.97 Å². The summed E-state index contributed by atoms with van der Waals surface area (Å²) in [6.45, 7) is 3.86. The van der Waals surface area contributed by atoms with E-state index in [-0.39, 0.29) is 11.9 Å². The highest BCUT2D eigenvalue weighted by molar-refractivity contribution is 5.80. The normalized spacial score (nSPS) is 12.3. The van der Waals surface area contributed by atoms with E-state index in [0.717, 1.165) is 18.2 Å². The van der Waals surface area contributed by atoms with Crippen LogP contribution in [-0.2, 0) is 4.79 Å². The summed E-state index contributed by atoms with van der Waals surface area (Å²) in [6, 6.07) is 8.04. The zero-order valence-corrected chi connectivity index (χ0v) is 11.0. The van der Waals surface area contributed by atoms with Crippen LogP contribution in [0.15, 0.2) is 39.5 Å². The molecule has 0 amide bonds. The summed E-state index contributed by atoms with van der Waals surface area (Å²) in [5.41, 5.74) is -0.00345. The lowest BCUT2D eigenvalue weighted by Gasteiger charge is -2.10. The van der Waals surface area contributed by atoms with E-state index in [1.54, 1.807) is 24.3 Å². The van der Waals surface area contributed by atoms with Crippen LogP contribution in [0, 0.1) is 5.92 Å². The highest BCUT2D eigenvalue weighted by Gasteiger charge is 2.14. The molecule has 0 N–H and O–H groups in total. The smallest absolute Gasteiger partial charge is 0.336 e. The summed E-state index contributed by atoms with van der Waals surface area (Å²) in [7, 11) is 0. The third kappa shape index (κ3) is 3.22. The Kier molecular flexibility index (Phi) is 4.00. The molecule has 1 aromatic heterocycles. The third-order valence-corrected chi connectivity index (χ3v) is 2.94. The number of hydrogen-bond donors (Lipinski definition) is 0. The van der Waals surface area contributed by atoms with E-state index in [1.807, 2.05) is 13.8 Å². The molecule has 0 aliphatic carbocycles. The molecule has 0 bridgehead atoms. The zero-order chi connectivity index (χ0) is 13.8. The second-order valence-electron chi connectivity index (χ2n) is 4.56. The van der Waals surface area contributed by atoms with Gasteiger partial charge >= 0.3 is 11.6 Å². The van der Waals surface area contributed by atoms with Gasteiger partial charge in [-0.3, -0.25) is 4.79 Å². The summed E-state index contributed by atoms with van der Waals surface area (Å²) in [4.78, 5) is 22.9. The summed E-state index contributed by atoms with van der Waals surface area (Å²) in [6.07, 6.45) is 1.73. The van der Waals surface area contributed by atoms with Gasteiger partial charge < -0.3 is 9.15 Å². The van der Waals surface area contributed by atoms with Crippen molar-refractivity contribution < 1.29 is 13.9 Å². The highest BCUT2D eigenvalue weighted by atomic mass is 16.5. The monoisotopic (exact) mass is 260 g/mol. The fourth-order valence-electron chi connectivity index (χ4n) is 1.87. The van der Waals surface area contributed by atoms with Crippen molar-refractivity contribution in [2.24, 2.45) is 5.92 Å². The van der Waals surface area contributed by atoms with E-state index in [9.17, 15) is 9.59 Å². The standard InChI is InChI=1S/C15H16O4/c1-3-4-10(2)15(17)18-12-7-5-11-6-8-14(16)19-13(11)9-12/h5-10H,3-4H2,1-2H3. The van der Waals surface area contributed by atoms with Gasteiger partial charge in [0.25, 0.3) is 0 Å². The van der Waals surface area contributed by atoms with E-state index in [2.05, 4.69) is 0 Å². The Balaban J connectivity index is 2.21. The molecule has 0 aliphatic rings. The minimum Gasteiger partial charge on any atom is -0.426 e. The molecule has 1 atom stereocenters. The fourth-order valence-corrected chi connectivity index (χ4v) is 1.87. The van der Waals surface area contributed by atoms with Gasteiger partial charge in [0, 0.05) is 17.5 Å². The minimum atomic E-state index is -0.421. The van der Waals surface area contributed by atoms with Gasteiger partial charge in [-0.15, -0.1) is 0 Å². The Hall–Kier alpha value is -2.10. The summed E-state index contributed by atoms with van der Waals surface area (Å²) >= 11 is 0. The largest absolute Gasteiger partial charge is 0.426 e. The summed E-state index contributed by atoms with van der Waals surface area (Å²) in [5.74, 6) is -0.00207. The second-order valence-corrected chi connectivity index (χ2v) is 4.56. The van der Waals surface area contributed by atoms with Gasteiger partial charge in [0.1, 0.15) is 11.3 Å². The van der Waals surface area contributed by atoms with Gasteiger partial charge in [-0.1, -0.05) is 20.3 Å². The van der Waals surface area contributed by atoms with Gasteiger partial charge in [-0.25, -0.2) is 4.79 Å². The Morgan fingerprint density at radius 2 is 2.05 bits per heavy atom. The first-order chi connectivity index (χ1) is 9.10. The first-order valence-corrected chi connectivity index (χ1v) is 6.35. The van der Waals surface area contributed by atoms with Crippen molar-refractivity contribution in [3.63, 3.8) is 0 Å². The lowest BCUT2D eigenvalue weighted by molar-refractivity contribution is -0.138. The Bertz CT molecular complexity index is 642. The van der Waals surface area contributed by atoms with Crippen molar-refractivity contribution in [3.05, 3.63) is 40.8 Å². The molecule has 100 valence electrons. The average molecular weight is 260 g/mol. The van der Waals surface area contributed by atoms with Crippen LogP contribution in [0.1, 0.15) is 26.7 Å². The fraction of sp³-hybridized carbons (Fsp3) is 0.333. The number of benzene rings is 1. The molecule has 19 heavy (non-hydrogen) atoms. The molecule has 0 saturated carbocycles. The highest BCUT2D eigenvalue weighted by Crippen LogP contribution is 2.20. The topological polar surface area (TPSA) is 56.5 Å². The van der Waals surface area contributed by atoms with Crippen LogP contribution in [0.4, 0.5) is 0 Å². The van der Waals surface area contributed by atoms with Crippen molar-refractivity contribution in [1.82, 2.24) is 0 Å². The second kappa shape index (κ2) is 5.69. The molecule has 4 nitrogen and oxygen atoms in total. The number of hydrogen-bond acceptors (Lipinski definition) is 4. The molecule has 0 spiro atoms. The Morgan fingerprint density at radius 1 is 1.32 bits per heavy atom. The van der Waals surface area contributed by atoms with Crippen molar-refractivity contribution in [2.45, 2.75) is 26.7 Å². The predicted molar refractivity (Wildman–Crippen MR) is 72.2 cm³/mol. The van der Waals surface area contributed by atoms with Crippen LogP contribution < -0.4 is 10.4 Å². The van der Waals surface area contributed by atoms with E-state index in [0.29, 0.717) is 11.3 Å². The van der Waals surface area contributed by atoms with Gasteiger partial charge in [0.2, 0.25) is 0 Å². The number of carbonyl (C=O) groups is 1. The zero-order valence-electron chi connectivity index (χ0n) is 11.0. The van der Waals surface area contributed by atoms with Crippen LogP contribution in [0.5, 0.6) is 5.75 Å². The molecule has 1 aromatic carbocycles. The maximum absolute atomic E-state index is 11.8. The van der Waals surface area contributed by atoms with Crippen LogP contribution in [0.3, 0.4) is 0 Å². The molecule has 0 aliphatic heterocycles. The molecule has 0 fully saturated rings.